The summed E-state index contributed by atoms with van der Waals surface area (Å²) >= 11 is 0. The van der Waals surface area contributed by atoms with Crippen LogP contribution in [0.4, 0.5) is 0 Å². The average Bonchev–Trinajstić information content (AvgIpc) is 3.15. The van der Waals surface area contributed by atoms with Crippen molar-refractivity contribution in [3.05, 3.63) is 60.1 Å². The fraction of sp³-hybridized carbons (Fsp3) is 0.150. The van der Waals surface area contributed by atoms with Crippen LogP contribution in [0, 0.1) is 11.3 Å². The molecule has 1 heterocycles. The number of allylic oxidation sites excluding steroid dienone is 1. The molecule has 0 atom stereocenters. The second kappa shape index (κ2) is 8.60. The lowest BCUT2D eigenvalue weighted by atomic mass is 10.2. The average molecular weight is 379 g/mol. The van der Waals surface area contributed by atoms with Crippen LogP contribution in [0.1, 0.15) is 5.82 Å². The number of benzene rings is 2. The molecule has 0 radical (unpaired) electrons. The van der Waals surface area contributed by atoms with Crippen LogP contribution in [-0.4, -0.2) is 41.4 Å². The Kier molecular flexibility index (Phi) is 5.77. The number of carbonyl (C=O) groups excluding carboxylic acids is 1. The van der Waals surface area contributed by atoms with Gasteiger partial charge >= 0.3 is 5.97 Å². The smallest absolute Gasteiger partial charge is 0.344 e. The molecule has 8 heteroatoms. The highest BCUT2D eigenvalue weighted by atomic mass is 16.6. The molecule has 3 aromatic rings. The Morgan fingerprint density at radius 3 is 2.54 bits per heavy atom. The van der Waals surface area contributed by atoms with Crippen LogP contribution in [-0.2, 0) is 9.53 Å². The lowest BCUT2D eigenvalue weighted by molar-refractivity contribution is -0.145. The Balaban J connectivity index is 1.59. The third-order valence-electron chi connectivity index (χ3n) is 3.81. The van der Waals surface area contributed by atoms with Crippen molar-refractivity contribution in [3.8, 4) is 17.6 Å². The van der Waals surface area contributed by atoms with Crippen LogP contribution in [0.15, 0.2) is 54.3 Å². The molecule has 28 heavy (non-hydrogen) atoms. The van der Waals surface area contributed by atoms with Gasteiger partial charge in [0.2, 0.25) is 0 Å². The molecule has 0 saturated heterocycles. The van der Waals surface area contributed by atoms with E-state index in [9.17, 15) is 15.2 Å². The number of H-pyrrole nitrogens is 1. The first-order valence-corrected chi connectivity index (χ1v) is 8.30. The normalized spacial score (nSPS) is 11.4. The van der Waals surface area contributed by atoms with E-state index in [1.54, 1.807) is 43.5 Å². The molecule has 2 aromatic carbocycles. The van der Waals surface area contributed by atoms with E-state index in [1.165, 1.54) is 0 Å². The number of para-hydroxylation sites is 2. The lowest BCUT2D eigenvalue weighted by Crippen LogP contribution is -2.16. The van der Waals surface area contributed by atoms with Gasteiger partial charge in [-0.1, -0.05) is 12.1 Å². The monoisotopic (exact) mass is 379 g/mol. The SMILES string of the molecule is COc1ccc(OCC(=O)OC/C(O)=C(\C#N)c2nc3ccccc3[nH]2)cc1. The molecule has 142 valence electrons. The number of aromatic nitrogens is 2. The van der Waals surface area contributed by atoms with Crippen molar-refractivity contribution >= 4 is 22.6 Å². The first kappa shape index (κ1) is 18.8. The number of carbonyl (C=O) groups is 1. The van der Waals surface area contributed by atoms with E-state index < -0.39 is 18.3 Å². The fourth-order valence-electron chi connectivity index (χ4n) is 2.40. The summed E-state index contributed by atoms with van der Waals surface area (Å²) in [4.78, 5) is 19.0. The van der Waals surface area contributed by atoms with Crippen LogP contribution in [0.3, 0.4) is 0 Å². The largest absolute Gasteiger partial charge is 0.507 e. The van der Waals surface area contributed by atoms with E-state index in [1.807, 2.05) is 18.2 Å². The maximum atomic E-state index is 11.8. The molecule has 0 amide bonds. The molecule has 0 bridgehead atoms. The summed E-state index contributed by atoms with van der Waals surface area (Å²) in [6, 6.07) is 15.8. The quantitative estimate of drug-likeness (QED) is 0.368. The molecule has 0 unspecified atom stereocenters. The predicted octanol–water partition coefficient (Wildman–Crippen LogP) is 2.99. The molecular formula is C20H17N3O5. The van der Waals surface area contributed by atoms with Crippen LogP contribution < -0.4 is 9.47 Å². The third-order valence-corrected chi connectivity index (χ3v) is 3.81. The van der Waals surface area contributed by atoms with Gasteiger partial charge in [0.25, 0.3) is 0 Å². The summed E-state index contributed by atoms with van der Waals surface area (Å²) < 4.78 is 15.3. The summed E-state index contributed by atoms with van der Waals surface area (Å²) in [6.45, 7) is -0.809. The van der Waals surface area contributed by atoms with Gasteiger partial charge in [-0.2, -0.15) is 5.26 Å². The molecule has 1 aromatic heterocycles. The highest BCUT2D eigenvalue weighted by molar-refractivity contribution is 5.83. The zero-order valence-corrected chi connectivity index (χ0v) is 15.0. The Hall–Kier alpha value is -3.99. The highest BCUT2D eigenvalue weighted by Gasteiger charge is 2.15. The van der Waals surface area contributed by atoms with E-state index >= 15 is 0 Å². The second-order valence-electron chi connectivity index (χ2n) is 5.66. The number of nitrogens with zero attached hydrogens (tertiary/aromatic N) is 2. The fourth-order valence-corrected chi connectivity index (χ4v) is 2.40. The van der Waals surface area contributed by atoms with Gasteiger partial charge < -0.3 is 24.3 Å². The number of nitrogens with one attached hydrogen (secondary N) is 1. The third kappa shape index (κ3) is 4.40. The Labute approximate surface area is 160 Å². The molecular weight excluding hydrogens is 362 g/mol. The number of hydrogen-bond donors (Lipinski definition) is 2. The number of aromatic amines is 1. The number of fused-ring (bicyclic) bond motifs is 1. The number of esters is 1. The van der Waals surface area contributed by atoms with Crippen molar-refractivity contribution < 1.29 is 24.1 Å². The number of imidazole rings is 1. The van der Waals surface area contributed by atoms with Crippen LogP contribution >= 0.6 is 0 Å². The molecule has 0 spiro atoms. The number of methoxy groups -OCH3 is 1. The van der Waals surface area contributed by atoms with Gasteiger partial charge in [0.15, 0.2) is 18.2 Å². The summed E-state index contributed by atoms with van der Waals surface area (Å²) in [5.74, 6) is 0.243. The van der Waals surface area contributed by atoms with E-state index in [2.05, 4.69) is 9.97 Å². The zero-order valence-electron chi connectivity index (χ0n) is 15.0. The Morgan fingerprint density at radius 2 is 1.86 bits per heavy atom. The van der Waals surface area contributed by atoms with Gasteiger partial charge in [0, 0.05) is 0 Å². The van der Waals surface area contributed by atoms with Gasteiger partial charge in [0.05, 0.1) is 18.1 Å². The zero-order chi connectivity index (χ0) is 19.9. The summed E-state index contributed by atoms with van der Waals surface area (Å²) in [5, 5.41) is 19.5. The van der Waals surface area contributed by atoms with Crippen LogP contribution in [0.25, 0.3) is 16.6 Å². The highest BCUT2D eigenvalue weighted by Crippen LogP contribution is 2.19. The number of aliphatic hydroxyl groups excluding tert-OH is 1. The van der Waals surface area contributed by atoms with Crippen molar-refractivity contribution in [2.45, 2.75) is 0 Å². The van der Waals surface area contributed by atoms with E-state index in [0.29, 0.717) is 17.0 Å². The van der Waals surface area contributed by atoms with E-state index in [-0.39, 0.29) is 18.0 Å². The van der Waals surface area contributed by atoms with Crippen molar-refractivity contribution in [2.75, 3.05) is 20.3 Å². The molecule has 0 aliphatic rings. The molecule has 0 aliphatic heterocycles. The number of ether oxygens (including phenoxy) is 3. The van der Waals surface area contributed by atoms with Gasteiger partial charge in [0.1, 0.15) is 29.7 Å². The molecule has 3 rings (SSSR count). The number of hydrogen-bond acceptors (Lipinski definition) is 7. The van der Waals surface area contributed by atoms with Gasteiger partial charge in [-0.15, -0.1) is 0 Å². The molecule has 2 N–H and O–H groups in total. The minimum absolute atomic E-state index is 0.0972. The van der Waals surface area contributed by atoms with Gasteiger partial charge in [-0.3, -0.25) is 0 Å². The van der Waals surface area contributed by atoms with Gasteiger partial charge in [-0.25, -0.2) is 9.78 Å². The van der Waals surface area contributed by atoms with Crippen molar-refractivity contribution in [2.24, 2.45) is 0 Å². The summed E-state index contributed by atoms with van der Waals surface area (Å²) in [6.07, 6.45) is 0. The van der Waals surface area contributed by atoms with Crippen LogP contribution in [0.5, 0.6) is 11.5 Å². The Bertz CT molecular complexity index is 1010. The number of nitriles is 1. The van der Waals surface area contributed by atoms with E-state index in [0.717, 1.165) is 5.52 Å². The maximum absolute atomic E-state index is 11.8. The second-order valence-corrected chi connectivity index (χ2v) is 5.66. The standard InChI is InChI=1S/C20H17N3O5/c1-26-13-6-8-14(9-7-13)27-12-19(25)28-11-18(24)15(10-21)20-22-16-4-2-3-5-17(16)23-20/h2-9,24H,11-12H2,1H3,(H,22,23)/b18-15-. The number of aliphatic hydroxyl groups is 1. The van der Waals surface area contributed by atoms with E-state index in [4.69, 9.17) is 14.2 Å². The minimum atomic E-state index is -0.690. The predicted molar refractivity (Wildman–Crippen MR) is 101 cm³/mol. The van der Waals surface area contributed by atoms with Crippen molar-refractivity contribution in [1.29, 1.82) is 5.26 Å². The van der Waals surface area contributed by atoms with Crippen molar-refractivity contribution in [1.82, 2.24) is 9.97 Å². The van der Waals surface area contributed by atoms with Crippen LogP contribution in [0.2, 0.25) is 0 Å². The maximum Gasteiger partial charge on any atom is 0.344 e. The Morgan fingerprint density at radius 1 is 1.14 bits per heavy atom. The number of rotatable bonds is 7. The first-order valence-electron chi connectivity index (χ1n) is 8.30. The first-order chi connectivity index (χ1) is 13.6. The summed E-state index contributed by atoms with van der Waals surface area (Å²) in [7, 11) is 1.55. The van der Waals surface area contributed by atoms with Gasteiger partial charge in [-0.05, 0) is 36.4 Å². The summed E-state index contributed by atoms with van der Waals surface area (Å²) in [5.41, 5.74) is 1.28. The minimum Gasteiger partial charge on any atom is -0.507 e. The molecule has 8 nitrogen and oxygen atoms in total. The molecule has 0 saturated carbocycles. The molecule has 0 aliphatic carbocycles. The van der Waals surface area contributed by atoms with Crippen molar-refractivity contribution in [3.63, 3.8) is 0 Å². The lowest BCUT2D eigenvalue weighted by Gasteiger charge is -2.08. The topological polar surface area (TPSA) is 117 Å². The molecule has 0 fully saturated rings.